The van der Waals surface area contributed by atoms with Gasteiger partial charge in [0, 0.05) is 38.1 Å². The van der Waals surface area contributed by atoms with Gasteiger partial charge in [0.05, 0.1) is 5.25 Å². The van der Waals surface area contributed by atoms with E-state index >= 15 is 0 Å². The van der Waals surface area contributed by atoms with Gasteiger partial charge in [-0.25, -0.2) is 4.39 Å². The SMILES string of the molecule is CCCn1c(SC(C)C(=O)N(C)Cc2cccc(F)c2)nnc1-c1ccncc1. The van der Waals surface area contributed by atoms with Crippen molar-refractivity contribution in [2.75, 3.05) is 7.05 Å². The van der Waals surface area contributed by atoms with Crippen molar-refractivity contribution in [1.29, 1.82) is 0 Å². The number of hydrogen-bond donors (Lipinski definition) is 0. The minimum Gasteiger partial charge on any atom is -0.340 e. The van der Waals surface area contributed by atoms with E-state index < -0.39 is 0 Å². The smallest absolute Gasteiger partial charge is 0.235 e. The van der Waals surface area contributed by atoms with Gasteiger partial charge >= 0.3 is 0 Å². The van der Waals surface area contributed by atoms with Crippen molar-refractivity contribution < 1.29 is 9.18 Å². The third kappa shape index (κ3) is 5.20. The molecule has 1 amide bonds. The van der Waals surface area contributed by atoms with Gasteiger partial charge in [-0.1, -0.05) is 30.8 Å². The molecule has 0 fully saturated rings. The van der Waals surface area contributed by atoms with Crippen LogP contribution >= 0.6 is 11.8 Å². The highest BCUT2D eigenvalue weighted by molar-refractivity contribution is 8.00. The maximum absolute atomic E-state index is 13.4. The summed E-state index contributed by atoms with van der Waals surface area (Å²) in [5.74, 6) is 0.419. The molecule has 29 heavy (non-hydrogen) atoms. The third-order valence-corrected chi connectivity index (χ3v) is 5.49. The number of thioether (sulfide) groups is 1. The molecule has 6 nitrogen and oxygen atoms in total. The van der Waals surface area contributed by atoms with Crippen molar-refractivity contribution in [2.45, 2.75) is 43.8 Å². The lowest BCUT2D eigenvalue weighted by atomic mass is 10.2. The van der Waals surface area contributed by atoms with Crippen molar-refractivity contribution >= 4 is 17.7 Å². The molecule has 0 saturated carbocycles. The first-order valence-corrected chi connectivity index (χ1v) is 10.4. The molecule has 0 N–H and O–H groups in total. The van der Waals surface area contributed by atoms with Crippen LogP contribution < -0.4 is 0 Å². The van der Waals surface area contributed by atoms with E-state index in [4.69, 9.17) is 0 Å². The number of nitrogens with zero attached hydrogens (tertiary/aromatic N) is 5. The number of carbonyl (C=O) groups is 1. The molecule has 152 valence electrons. The minimum absolute atomic E-state index is 0.0456. The maximum Gasteiger partial charge on any atom is 0.235 e. The summed E-state index contributed by atoms with van der Waals surface area (Å²) in [7, 11) is 1.73. The Hall–Kier alpha value is -2.74. The number of rotatable bonds is 8. The number of carbonyl (C=O) groups excluding carboxylic acids is 1. The monoisotopic (exact) mass is 413 g/mol. The van der Waals surface area contributed by atoms with Crippen LogP contribution in [0.25, 0.3) is 11.4 Å². The Morgan fingerprint density at radius 2 is 2.00 bits per heavy atom. The number of pyridine rings is 1. The molecule has 0 radical (unpaired) electrons. The fourth-order valence-electron chi connectivity index (χ4n) is 3.02. The zero-order chi connectivity index (χ0) is 20.8. The fraction of sp³-hybridized carbons (Fsp3) is 0.333. The van der Waals surface area contributed by atoms with Crippen LogP contribution in [0, 0.1) is 5.82 Å². The first-order chi connectivity index (χ1) is 14.0. The number of amides is 1. The average molecular weight is 414 g/mol. The highest BCUT2D eigenvalue weighted by Crippen LogP contribution is 2.27. The lowest BCUT2D eigenvalue weighted by Gasteiger charge is -2.21. The molecular formula is C21H24FN5OS. The number of hydrogen-bond acceptors (Lipinski definition) is 5. The standard InChI is InChI=1S/C21H24FN5OS/c1-4-12-27-19(17-8-10-23-11-9-17)24-25-21(27)29-15(2)20(28)26(3)14-16-6-5-7-18(22)13-16/h5-11,13,15H,4,12,14H2,1-3H3. The molecule has 3 aromatic rings. The van der Waals surface area contributed by atoms with Crippen molar-refractivity contribution in [3.8, 4) is 11.4 Å². The molecular weight excluding hydrogens is 389 g/mol. The van der Waals surface area contributed by atoms with Gasteiger partial charge in [0.1, 0.15) is 5.82 Å². The van der Waals surface area contributed by atoms with E-state index in [9.17, 15) is 9.18 Å². The molecule has 1 unspecified atom stereocenters. The molecule has 8 heteroatoms. The molecule has 3 rings (SSSR count). The highest BCUT2D eigenvalue weighted by atomic mass is 32.2. The van der Waals surface area contributed by atoms with E-state index in [1.54, 1.807) is 30.4 Å². The van der Waals surface area contributed by atoms with Crippen molar-refractivity contribution in [3.05, 3.63) is 60.2 Å². The van der Waals surface area contributed by atoms with Crippen LogP contribution in [-0.2, 0) is 17.9 Å². The van der Waals surface area contributed by atoms with Crippen molar-refractivity contribution in [3.63, 3.8) is 0 Å². The van der Waals surface area contributed by atoms with E-state index in [2.05, 4.69) is 22.1 Å². The molecule has 0 aliphatic rings. The summed E-state index contributed by atoms with van der Waals surface area (Å²) in [6.45, 7) is 5.05. The lowest BCUT2D eigenvalue weighted by Crippen LogP contribution is -2.33. The summed E-state index contributed by atoms with van der Waals surface area (Å²) in [6, 6.07) is 10.1. The Morgan fingerprint density at radius 1 is 1.24 bits per heavy atom. The highest BCUT2D eigenvalue weighted by Gasteiger charge is 2.23. The maximum atomic E-state index is 13.4. The van der Waals surface area contributed by atoms with E-state index in [1.807, 2.05) is 29.7 Å². The van der Waals surface area contributed by atoms with Crippen molar-refractivity contribution in [2.24, 2.45) is 0 Å². The first kappa shape index (κ1) is 21.0. The van der Waals surface area contributed by atoms with Gasteiger partial charge in [-0.05, 0) is 43.2 Å². The molecule has 0 spiro atoms. The van der Waals surface area contributed by atoms with Gasteiger partial charge in [0.15, 0.2) is 11.0 Å². The molecule has 0 saturated heterocycles. The zero-order valence-corrected chi connectivity index (χ0v) is 17.6. The Balaban J connectivity index is 1.73. The van der Waals surface area contributed by atoms with Gasteiger partial charge in [0.2, 0.25) is 5.91 Å². The number of halogens is 1. The van der Waals surface area contributed by atoms with Gasteiger partial charge in [-0.3, -0.25) is 9.78 Å². The Morgan fingerprint density at radius 3 is 2.69 bits per heavy atom. The second-order valence-electron chi connectivity index (χ2n) is 6.78. The lowest BCUT2D eigenvalue weighted by molar-refractivity contribution is -0.129. The predicted octanol–water partition coefficient (Wildman–Crippen LogP) is 4.03. The van der Waals surface area contributed by atoms with Crippen LogP contribution in [0.5, 0.6) is 0 Å². The van der Waals surface area contributed by atoms with Crippen LogP contribution in [0.3, 0.4) is 0 Å². The second-order valence-corrected chi connectivity index (χ2v) is 8.09. The van der Waals surface area contributed by atoms with Crippen LogP contribution in [-0.4, -0.2) is 42.9 Å². The summed E-state index contributed by atoms with van der Waals surface area (Å²) in [5.41, 5.74) is 1.70. The largest absolute Gasteiger partial charge is 0.340 e. The van der Waals surface area contributed by atoms with Gasteiger partial charge in [-0.15, -0.1) is 10.2 Å². The quantitative estimate of drug-likeness (QED) is 0.522. The summed E-state index contributed by atoms with van der Waals surface area (Å²) in [6.07, 6.45) is 4.37. The normalized spacial score (nSPS) is 12.0. The summed E-state index contributed by atoms with van der Waals surface area (Å²) >= 11 is 1.38. The Bertz CT molecular complexity index is 963. The van der Waals surface area contributed by atoms with Gasteiger partial charge in [0.25, 0.3) is 0 Å². The molecule has 0 aliphatic carbocycles. The number of aromatic nitrogens is 4. The second kappa shape index (κ2) is 9.65. The van der Waals surface area contributed by atoms with Crippen LogP contribution in [0.2, 0.25) is 0 Å². The average Bonchev–Trinajstić information content (AvgIpc) is 3.10. The third-order valence-electron chi connectivity index (χ3n) is 4.42. The molecule has 2 heterocycles. The van der Waals surface area contributed by atoms with Crippen molar-refractivity contribution in [1.82, 2.24) is 24.6 Å². The number of benzene rings is 1. The minimum atomic E-state index is -0.348. The van der Waals surface area contributed by atoms with Crippen LogP contribution in [0.15, 0.2) is 53.9 Å². The molecule has 2 aromatic heterocycles. The molecule has 0 bridgehead atoms. The van der Waals surface area contributed by atoms with Gasteiger partial charge < -0.3 is 9.47 Å². The zero-order valence-electron chi connectivity index (χ0n) is 16.7. The molecule has 1 atom stereocenters. The summed E-state index contributed by atoms with van der Waals surface area (Å²) in [4.78, 5) is 18.5. The van der Waals surface area contributed by atoms with Crippen LogP contribution in [0.1, 0.15) is 25.8 Å². The topological polar surface area (TPSA) is 63.9 Å². The van der Waals surface area contributed by atoms with Crippen LogP contribution in [0.4, 0.5) is 4.39 Å². The summed E-state index contributed by atoms with van der Waals surface area (Å²) < 4.78 is 15.4. The van der Waals surface area contributed by atoms with E-state index in [0.717, 1.165) is 29.9 Å². The van der Waals surface area contributed by atoms with Gasteiger partial charge in [-0.2, -0.15) is 0 Å². The van der Waals surface area contributed by atoms with E-state index in [-0.39, 0.29) is 17.0 Å². The Labute approximate surface area is 174 Å². The van der Waals surface area contributed by atoms with E-state index in [1.165, 1.54) is 23.9 Å². The predicted molar refractivity (Wildman–Crippen MR) is 112 cm³/mol. The fourth-order valence-corrected chi connectivity index (χ4v) is 4.01. The first-order valence-electron chi connectivity index (χ1n) is 9.49. The summed E-state index contributed by atoms with van der Waals surface area (Å²) in [5, 5.41) is 9.02. The Kier molecular flexibility index (Phi) is 6.98. The van der Waals surface area contributed by atoms with E-state index in [0.29, 0.717) is 11.7 Å². The molecule has 1 aromatic carbocycles. The molecule has 0 aliphatic heterocycles.